The second kappa shape index (κ2) is 5.84. The van der Waals surface area contributed by atoms with Crippen LogP contribution >= 0.6 is 12.2 Å². The van der Waals surface area contributed by atoms with Crippen molar-refractivity contribution in [1.82, 2.24) is 4.98 Å². The Morgan fingerprint density at radius 2 is 2.00 bits per heavy atom. The molecule has 0 fully saturated rings. The molecule has 0 spiro atoms. The van der Waals surface area contributed by atoms with Crippen molar-refractivity contribution in [3.63, 3.8) is 0 Å². The summed E-state index contributed by atoms with van der Waals surface area (Å²) < 4.78 is 0. The maximum Gasteiger partial charge on any atom is 0.155 e. The molecule has 1 aromatic carbocycles. The fourth-order valence-corrected chi connectivity index (χ4v) is 2.33. The van der Waals surface area contributed by atoms with E-state index in [4.69, 9.17) is 12.2 Å². The Balaban J connectivity index is 1.83. The molecule has 0 saturated heterocycles. The van der Waals surface area contributed by atoms with Gasteiger partial charge in [-0.3, -0.25) is 0 Å². The van der Waals surface area contributed by atoms with Gasteiger partial charge in [-0.25, -0.2) is 4.98 Å². The van der Waals surface area contributed by atoms with Crippen molar-refractivity contribution in [2.75, 3.05) is 16.0 Å². The summed E-state index contributed by atoms with van der Waals surface area (Å²) in [7, 11) is 0. The summed E-state index contributed by atoms with van der Waals surface area (Å²) in [5.41, 5.74) is 3.17. The minimum atomic E-state index is 0.341. The number of hydrogen-bond donors (Lipinski definition) is 3. The van der Waals surface area contributed by atoms with Crippen LogP contribution in [0.5, 0.6) is 0 Å². The van der Waals surface area contributed by atoms with Crippen LogP contribution in [-0.4, -0.2) is 9.97 Å². The molecule has 0 unspecified atom stereocenters. The van der Waals surface area contributed by atoms with Gasteiger partial charge in [0.25, 0.3) is 0 Å². The van der Waals surface area contributed by atoms with Crippen LogP contribution in [0.25, 0.3) is 0 Å². The summed E-state index contributed by atoms with van der Waals surface area (Å²) in [4.78, 5) is 4.55. The Bertz CT molecular complexity index is 775. The fraction of sp³-hybridized carbons (Fsp3) is 0.0625. The molecule has 2 heterocycles. The van der Waals surface area contributed by atoms with Crippen LogP contribution in [0, 0.1) is 18.3 Å². The predicted octanol–water partition coefficient (Wildman–Crippen LogP) is 3.40. The highest BCUT2D eigenvalue weighted by atomic mass is 32.1. The van der Waals surface area contributed by atoms with E-state index in [-0.39, 0.29) is 0 Å². The molecule has 108 valence electrons. The number of pyridine rings is 1. The number of benzene rings is 1. The van der Waals surface area contributed by atoms with Gasteiger partial charge < -0.3 is 16.0 Å². The Labute approximate surface area is 133 Å². The summed E-state index contributed by atoms with van der Waals surface area (Å²) in [5.74, 6) is 1.23. The number of fused-ring (bicyclic) bond motifs is 1. The number of nitrogens with zero attached hydrogens (tertiary/aromatic N) is 2. The summed E-state index contributed by atoms with van der Waals surface area (Å²) in [6.07, 6.45) is 1.69. The Morgan fingerprint density at radius 3 is 2.68 bits per heavy atom. The van der Waals surface area contributed by atoms with Gasteiger partial charge >= 0.3 is 0 Å². The zero-order valence-corrected chi connectivity index (χ0v) is 12.7. The van der Waals surface area contributed by atoms with E-state index < -0.39 is 0 Å². The van der Waals surface area contributed by atoms with E-state index in [1.165, 1.54) is 0 Å². The first-order chi connectivity index (χ1) is 10.7. The molecule has 1 aromatic heterocycles. The van der Waals surface area contributed by atoms with Crippen molar-refractivity contribution in [1.29, 1.82) is 5.26 Å². The highest BCUT2D eigenvalue weighted by Gasteiger charge is 2.20. The molecule has 22 heavy (non-hydrogen) atoms. The Hall–Kier alpha value is -2.91. The monoisotopic (exact) mass is 307 g/mol. The van der Waals surface area contributed by atoms with E-state index >= 15 is 0 Å². The highest BCUT2D eigenvalue weighted by molar-refractivity contribution is 7.81. The van der Waals surface area contributed by atoms with Gasteiger partial charge in [0.2, 0.25) is 0 Å². The molecule has 3 rings (SSSR count). The van der Waals surface area contributed by atoms with Crippen molar-refractivity contribution < 1.29 is 0 Å². The standard InChI is InChI=1S/C16H13N5S/c1-10-4-6-11(7-5-10)19-16(22)12(9-17)14-20-13-3-2-8-18-15(13)21-14/h2-8,20H,1H3,(H,18,21)(H,19,22)/b14-12-. The zero-order valence-electron chi connectivity index (χ0n) is 11.8. The second-order valence-electron chi connectivity index (χ2n) is 4.83. The van der Waals surface area contributed by atoms with Crippen molar-refractivity contribution in [2.24, 2.45) is 0 Å². The highest BCUT2D eigenvalue weighted by Crippen LogP contribution is 2.29. The summed E-state index contributed by atoms with van der Waals surface area (Å²) in [6.45, 7) is 2.02. The Morgan fingerprint density at radius 1 is 1.23 bits per heavy atom. The molecule has 5 nitrogen and oxygen atoms in total. The molecular formula is C16H13N5S. The SMILES string of the molecule is Cc1ccc(NC(=S)/C(C#N)=C2/Nc3cccnc3N2)cc1. The third-order valence-corrected chi connectivity index (χ3v) is 3.52. The van der Waals surface area contributed by atoms with Crippen molar-refractivity contribution in [3.8, 4) is 6.07 Å². The van der Waals surface area contributed by atoms with Crippen LogP contribution < -0.4 is 16.0 Å². The number of hydrogen-bond acceptors (Lipinski definition) is 5. The molecule has 6 heteroatoms. The lowest BCUT2D eigenvalue weighted by Gasteiger charge is -2.09. The summed E-state index contributed by atoms with van der Waals surface area (Å²) >= 11 is 5.35. The number of aromatic nitrogens is 1. The lowest BCUT2D eigenvalue weighted by Crippen LogP contribution is -2.17. The van der Waals surface area contributed by atoms with E-state index in [9.17, 15) is 5.26 Å². The lowest BCUT2D eigenvalue weighted by molar-refractivity contribution is 1.33. The minimum absolute atomic E-state index is 0.341. The molecule has 3 N–H and O–H groups in total. The molecule has 1 aliphatic rings. The largest absolute Gasteiger partial charge is 0.345 e. The molecule has 0 amide bonds. The third-order valence-electron chi connectivity index (χ3n) is 3.21. The van der Waals surface area contributed by atoms with Crippen molar-refractivity contribution in [3.05, 3.63) is 59.6 Å². The van der Waals surface area contributed by atoms with E-state index in [0.29, 0.717) is 22.2 Å². The summed E-state index contributed by atoms with van der Waals surface area (Å²) in [6, 6.07) is 13.7. The van der Waals surface area contributed by atoms with Gasteiger partial charge in [0, 0.05) is 11.9 Å². The van der Waals surface area contributed by atoms with Crippen molar-refractivity contribution in [2.45, 2.75) is 6.92 Å². The van der Waals surface area contributed by atoms with E-state index in [2.05, 4.69) is 27.0 Å². The topological polar surface area (TPSA) is 72.8 Å². The number of thiocarbonyl (C=S) groups is 1. The van der Waals surface area contributed by atoms with Gasteiger partial charge in [0.05, 0.1) is 5.69 Å². The van der Waals surface area contributed by atoms with Gasteiger partial charge in [0.1, 0.15) is 22.5 Å². The smallest absolute Gasteiger partial charge is 0.155 e. The molecule has 0 atom stereocenters. The second-order valence-corrected chi connectivity index (χ2v) is 5.24. The molecular weight excluding hydrogens is 294 g/mol. The minimum Gasteiger partial charge on any atom is -0.345 e. The number of anilines is 3. The van der Waals surface area contributed by atoms with Gasteiger partial charge in [-0.1, -0.05) is 29.9 Å². The van der Waals surface area contributed by atoms with E-state index in [0.717, 1.165) is 16.9 Å². The van der Waals surface area contributed by atoms with Gasteiger partial charge in [-0.2, -0.15) is 5.26 Å². The molecule has 0 saturated carbocycles. The normalized spacial score (nSPS) is 14.2. The first-order valence-electron chi connectivity index (χ1n) is 6.69. The van der Waals surface area contributed by atoms with Crippen LogP contribution in [0.3, 0.4) is 0 Å². The average molecular weight is 307 g/mol. The number of nitrogens with one attached hydrogen (secondary N) is 3. The number of nitriles is 1. The Kier molecular flexibility index (Phi) is 3.73. The molecule has 0 bridgehead atoms. The first-order valence-corrected chi connectivity index (χ1v) is 7.09. The van der Waals surface area contributed by atoms with Crippen molar-refractivity contribution >= 4 is 34.4 Å². The molecule has 0 aliphatic carbocycles. The average Bonchev–Trinajstić information content (AvgIpc) is 2.94. The van der Waals surface area contributed by atoms with Gasteiger partial charge in [-0.15, -0.1) is 0 Å². The van der Waals surface area contributed by atoms with E-state index in [1.807, 2.05) is 43.3 Å². The van der Waals surface area contributed by atoms with Gasteiger partial charge in [-0.05, 0) is 31.2 Å². The van der Waals surface area contributed by atoms with E-state index in [1.54, 1.807) is 6.20 Å². The molecule has 1 aliphatic heterocycles. The van der Waals surface area contributed by atoms with Crippen LogP contribution in [0.1, 0.15) is 5.56 Å². The summed E-state index contributed by atoms with van der Waals surface area (Å²) in [5, 5.41) is 18.7. The van der Waals surface area contributed by atoms with Crippen LogP contribution in [0.4, 0.5) is 17.2 Å². The maximum atomic E-state index is 9.42. The van der Waals surface area contributed by atoms with Crippen LogP contribution in [0.15, 0.2) is 54.0 Å². The molecule has 2 aromatic rings. The number of aryl methyl sites for hydroxylation is 1. The zero-order chi connectivity index (χ0) is 15.5. The predicted molar refractivity (Wildman–Crippen MR) is 91.5 cm³/mol. The fourth-order valence-electron chi connectivity index (χ4n) is 2.07. The lowest BCUT2D eigenvalue weighted by atomic mass is 10.2. The quantitative estimate of drug-likeness (QED) is 0.449. The number of rotatable bonds is 2. The van der Waals surface area contributed by atoms with Crippen LogP contribution in [-0.2, 0) is 0 Å². The maximum absolute atomic E-state index is 9.42. The van der Waals surface area contributed by atoms with Crippen LogP contribution in [0.2, 0.25) is 0 Å². The first kappa shape index (κ1) is 14.0. The third kappa shape index (κ3) is 2.75. The molecule has 0 radical (unpaired) electrons. The van der Waals surface area contributed by atoms with Gasteiger partial charge in [0.15, 0.2) is 5.82 Å².